The van der Waals surface area contributed by atoms with Gasteiger partial charge in [0.25, 0.3) is 0 Å². The maximum atomic E-state index is 13.5. The Morgan fingerprint density at radius 3 is 1.24 bits per heavy atom. The third kappa shape index (κ3) is 50.0. The third-order valence-corrected chi connectivity index (χ3v) is 18.2. The zero-order chi connectivity index (χ0) is 69.6. The number of nitrogens with one attached hydrogen (secondary N) is 7. The van der Waals surface area contributed by atoms with Gasteiger partial charge in [-0.3, -0.25) is 53.5 Å². The molecule has 0 rings (SSSR count). The van der Waals surface area contributed by atoms with Crippen LogP contribution >= 0.6 is 16.7 Å². The van der Waals surface area contributed by atoms with Crippen LogP contribution in [0.4, 0.5) is 0 Å². The SMILES string of the molecule is [1H]N=P[C@@H](CCCCC)CCCC(=O)N[C@@H](CC(C)C)CN(CC(=O)CCCCCCCCC(=O)N[C@@H](CCCCNC(=O)CCCCCCCNC(=O)CN(C[C@H](CC(C)C)NC(=O)CCC[C@H](CCCCC)P=N[1H])C(=O)CC(C)C)C(=O)CC)C(=O)CC(C)C. The summed E-state index contributed by atoms with van der Waals surface area (Å²) in [7, 11) is 1.52. The molecule has 0 aromatic carbocycles. The highest BCUT2D eigenvalue weighted by Crippen LogP contribution is 2.24. The van der Waals surface area contributed by atoms with Crippen molar-refractivity contribution in [3.63, 3.8) is 0 Å². The average Bonchev–Trinajstić information content (AvgIpc) is 1.53. The second-order valence-electron chi connectivity index (χ2n) is 27.7. The van der Waals surface area contributed by atoms with E-state index in [1.807, 2.05) is 27.7 Å². The molecule has 0 heterocycles. The Balaban J connectivity index is 4.71. The first kappa shape index (κ1) is 82.9. The van der Waals surface area contributed by atoms with Crippen LogP contribution in [0.1, 0.15) is 307 Å². The quantitative estimate of drug-likeness (QED) is 0.0225. The predicted molar refractivity (Wildman–Crippen MR) is 374 cm³/mol. The van der Waals surface area contributed by atoms with Crippen LogP contribution in [-0.2, 0) is 43.2 Å². The topological polar surface area (TPSA) is 268 Å². The van der Waals surface area contributed by atoms with Gasteiger partial charge in [0.05, 0.1) is 19.1 Å². The second-order valence-corrected chi connectivity index (χ2v) is 29.6. The van der Waals surface area contributed by atoms with E-state index in [1.54, 1.807) is 16.7 Å². The molecule has 526 valence electrons. The number of amides is 7. The van der Waals surface area contributed by atoms with Gasteiger partial charge in [-0.2, -0.15) is 0 Å². The van der Waals surface area contributed by atoms with Crippen LogP contribution in [0.25, 0.3) is 0 Å². The Morgan fingerprint density at radius 2 is 0.791 bits per heavy atom. The van der Waals surface area contributed by atoms with Gasteiger partial charge in [0.1, 0.15) is 0 Å². The first-order valence-electron chi connectivity index (χ1n) is 37.1. The number of hydrogen-bond donors (Lipinski definition) is 7. The number of Topliss-reactive ketones (excluding diaryl/α,β-unsaturated/α-hetero) is 2. The van der Waals surface area contributed by atoms with Gasteiger partial charge in [-0.25, -0.2) is 0 Å². The molecule has 0 fully saturated rings. The minimum atomic E-state index is -0.552. The van der Waals surface area contributed by atoms with E-state index in [4.69, 9.17) is 2.82 Å². The third-order valence-electron chi connectivity index (χ3n) is 16.5. The Bertz CT molecular complexity index is 2120. The van der Waals surface area contributed by atoms with Crippen molar-refractivity contribution < 1.29 is 46.0 Å². The van der Waals surface area contributed by atoms with Gasteiger partial charge in [-0.1, -0.05) is 160 Å². The average molecular weight is 1320 g/mol. The minimum absolute atomic E-state index is 0.00623. The highest BCUT2D eigenvalue weighted by atomic mass is 31.1. The Kier molecular flexibility index (Phi) is 51.2. The van der Waals surface area contributed by atoms with Crippen LogP contribution in [0.15, 0.2) is 0 Å². The number of nitrogens with zero attached hydrogens (tertiary/aromatic N) is 2. The normalized spacial score (nSPS) is 13.7. The van der Waals surface area contributed by atoms with Crippen molar-refractivity contribution in [3.8, 4) is 0 Å². The largest absolute Gasteiger partial charge is 0.356 e. The van der Waals surface area contributed by atoms with Crippen molar-refractivity contribution in [2.24, 2.45) is 23.7 Å². The number of ketones is 2. The number of rotatable bonds is 61. The summed E-state index contributed by atoms with van der Waals surface area (Å²) in [6.07, 6.45) is 27.2. The first-order valence-corrected chi connectivity index (χ1v) is 38.0. The number of hydrogen-bond acceptors (Lipinski definition) is 11. The van der Waals surface area contributed by atoms with Gasteiger partial charge in [-0.05, 0) is 120 Å². The van der Waals surface area contributed by atoms with Crippen LogP contribution in [0.3, 0.4) is 0 Å². The summed E-state index contributed by atoms with van der Waals surface area (Å²) in [5, 5.41) is 22.5. The molecule has 20 heteroatoms. The van der Waals surface area contributed by atoms with Crippen LogP contribution in [-0.4, -0.2) is 131 Å². The van der Waals surface area contributed by atoms with Crippen molar-refractivity contribution in [1.29, 1.82) is 10.3 Å². The lowest BCUT2D eigenvalue weighted by molar-refractivity contribution is -0.137. The molecule has 0 saturated heterocycles. The molecule has 91 heavy (non-hydrogen) atoms. The van der Waals surface area contributed by atoms with Gasteiger partial charge in [-0.15, -0.1) is 0 Å². The molecule has 7 N–H and O–H groups in total. The van der Waals surface area contributed by atoms with Crippen molar-refractivity contribution in [3.05, 3.63) is 0 Å². The number of carbonyl (C=O) groups excluding carboxylic acids is 9. The fourth-order valence-corrected chi connectivity index (χ4v) is 12.7. The zero-order valence-electron chi connectivity index (χ0n) is 61.3. The summed E-state index contributed by atoms with van der Waals surface area (Å²) in [6, 6.07) is -1.09. The maximum absolute atomic E-state index is 13.5. The van der Waals surface area contributed by atoms with E-state index in [1.165, 1.54) is 0 Å². The van der Waals surface area contributed by atoms with Crippen molar-refractivity contribution in [2.75, 3.05) is 39.3 Å². The monoisotopic (exact) mass is 1320 g/mol. The predicted octanol–water partition coefficient (Wildman–Crippen LogP) is 15.4. The van der Waals surface area contributed by atoms with Crippen molar-refractivity contribution in [1.82, 2.24) is 36.4 Å². The lowest BCUT2D eigenvalue weighted by Crippen LogP contribution is -2.49. The molecule has 7 amide bonds. The summed E-state index contributed by atoms with van der Waals surface area (Å²) in [6.45, 7) is 23.9. The molecule has 0 saturated carbocycles. The van der Waals surface area contributed by atoms with E-state index < -0.39 is 6.04 Å². The summed E-state index contributed by atoms with van der Waals surface area (Å²) in [5.41, 5.74) is 0.571. The van der Waals surface area contributed by atoms with E-state index in [0.29, 0.717) is 129 Å². The van der Waals surface area contributed by atoms with E-state index in [2.05, 4.69) is 78.4 Å². The maximum Gasteiger partial charge on any atom is 0.239 e. The van der Waals surface area contributed by atoms with E-state index in [-0.39, 0.29) is 120 Å². The Hall–Kier alpha value is -4.17. The lowest BCUT2D eigenvalue weighted by Gasteiger charge is -2.29. The van der Waals surface area contributed by atoms with Crippen molar-refractivity contribution >= 4 is 69.7 Å². The highest BCUT2D eigenvalue weighted by molar-refractivity contribution is 7.26. The molecule has 0 spiro atoms. The molecular formula is C71H133N9O9P2. The van der Waals surface area contributed by atoms with E-state index in [0.717, 1.165) is 139 Å². The molecule has 0 radical (unpaired) electrons. The molecule has 0 aliphatic rings. The second kappa shape index (κ2) is 56.2. The Morgan fingerprint density at radius 1 is 0.407 bits per heavy atom. The van der Waals surface area contributed by atoms with Crippen LogP contribution < -0.4 is 26.6 Å². The fourth-order valence-electron chi connectivity index (χ4n) is 11.5. The van der Waals surface area contributed by atoms with Crippen LogP contribution in [0.2, 0.25) is 2.82 Å². The number of carbonyl (C=O) groups is 9. The van der Waals surface area contributed by atoms with Crippen LogP contribution in [0, 0.1) is 34.0 Å². The van der Waals surface area contributed by atoms with Gasteiger partial charge in [0.15, 0.2) is 14.4 Å². The van der Waals surface area contributed by atoms with E-state index >= 15 is 0 Å². The molecule has 0 aromatic rings. The van der Waals surface area contributed by atoms with Gasteiger partial charge < -0.3 is 36.4 Å². The van der Waals surface area contributed by atoms with E-state index in [9.17, 15) is 43.2 Å². The molecule has 0 aromatic heterocycles. The number of unbranched alkanes of at least 4 members (excludes halogenated alkanes) is 14. The molecule has 0 aliphatic carbocycles. The standard InChI is InChI=1S/C71H133N9O9P2/c1-12-15-24-35-61(90-72)37-32-42-66(84)76-58(46-54(4)5)50-79(70(88)48-56(8)9)52-60(81)34-26-20-17-18-21-28-41-68(86)78-63(64(82)14-3)39-29-31-45-74-65(83)40-27-22-19-23-30-44-75-69(87)53-80(71(89)49-57(10)11)51-59(47-55(6)7)77-67(85)43-33-38-62(91-73)36-25-16-13-2/h54-59,61-63,72-73H,12-53H2,1-11H3,(H,74,83)(H,75,87)(H,76,84)(H,77,85)(H,78,86)/t58-,59-,61-,62-,63-/m0/s1/i/hH2. The molecule has 5 atom stereocenters. The molecule has 0 aliphatic heterocycles. The molecule has 0 bridgehead atoms. The summed E-state index contributed by atoms with van der Waals surface area (Å²) < 4.78 is 14.7. The molecular weight excluding hydrogens is 1180 g/mol. The van der Waals surface area contributed by atoms with Gasteiger partial charge >= 0.3 is 0 Å². The van der Waals surface area contributed by atoms with Gasteiger partial charge in [0.2, 0.25) is 41.4 Å². The van der Waals surface area contributed by atoms with Crippen molar-refractivity contribution in [2.45, 2.75) is 337 Å². The minimum Gasteiger partial charge on any atom is -0.356 e. The zero-order valence-corrected chi connectivity index (χ0v) is 61.0. The lowest BCUT2D eigenvalue weighted by atomic mass is 10.0. The summed E-state index contributed by atoms with van der Waals surface area (Å²) >= 11 is 0. The first-order chi connectivity index (χ1) is 44.5. The molecule has 0 unspecified atom stereocenters. The van der Waals surface area contributed by atoms with Crippen LogP contribution in [0.5, 0.6) is 0 Å². The smallest absolute Gasteiger partial charge is 0.239 e. The summed E-state index contributed by atoms with van der Waals surface area (Å²) in [4.78, 5) is 121. The Labute approximate surface area is 559 Å². The fraction of sp³-hybridized carbons (Fsp3) is 0.873. The van der Waals surface area contributed by atoms with Gasteiger partial charge in [0, 0.05) is 118 Å². The highest BCUT2D eigenvalue weighted by Gasteiger charge is 2.27. The summed E-state index contributed by atoms with van der Waals surface area (Å²) in [5.74, 6) is 0.138. The molecule has 18 nitrogen and oxygen atoms in total.